The molecular formula is C41H44Si. The van der Waals surface area contributed by atoms with Crippen molar-refractivity contribution in [2.75, 3.05) is 0 Å². The van der Waals surface area contributed by atoms with Crippen LogP contribution in [-0.2, 0) is 6.42 Å². The molecule has 0 saturated carbocycles. The lowest BCUT2D eigenvalue weighted by molar-refractivity contribution is 0.716. The van der Waals surface area contributed by atoms with Gasteiger partial charge in [0, 0.05) is 5.92 Å². The van der Waals surface area contributed by atoms with Crippen molar-refractivity contribution in [1.29, 1.82) is 0 Å². The van der Waals surface area contributed by atoms with Crippen LogP contribution >= 0.6 is 0 Å². The third-order valence-corrected chi connectivity index (χ3v) is 11.7. The molecule has 0 saturated heterocycles. The average Bonchev–Trinajstić information content (AvgIpc) is 3.53. The molecule has 4 aromatic carbocycles. The largest absolute Gasteiger partial charge is 0.111 e. The lowest BCUT2D eigenvalue weighted by Gasteiger charge is -2.20. The molecule has 212 valence electrons. The second kappa shape index (κ2) is 11.0. The molecule has 2 aliphatic carbocycles. The summed E-state index contributed by atoms with van der Waals surface area (Å²) in [6.07, 6.45) is 8.62. The predicted molar refractivity (Wildman–Crippen MR) is 185 cm³/mol. The van der Waals surface area contributed by atoms with Gasteiger partial charge in [-0.05, 0) is 157 Å². The molecule has 1 unspecified atom stereocenters. The molecule has 42 heavy (non-hydrogen) atoms. The zero-order valence-electron chi connectivity index (χ0n) is 27.0. The quantitative estimate of drug-likeness (QED) is 0.204. The van der Waals surface area contributed by atoms with Gasteiger partial charge in [0.05, 0.1) is 0 Å². The summed E-state index contributed by atoms with van der Waals surface area (Å²) >= 11 is 0. The van der Waals surface area contributed by atoms with E-state index in [1.807, 2.05) is 0 Å². The number of fused-ring (bicyclic) bond motifs is 2. The van der Waals surface area contributed by atoms with Crippen LogP contribution in [0.1, 0.15) is 92.4 Å². The molecule has 0 heterocycles. The van der Waals surface area contributed by atoms with Gasteiger partial charge >= 0.3 is 0 Å². The molecule has 6 rings (SSSR count). The number of benzene rings is 4. The summed E-state index contributed by atoms with van der Waals surface area (Å²) in [5.74, 6) is 0.516. The van der Waals surface area contributed by atoms with Gasteiger partial charge in [0.2, 0.25) is 0 Å². The molecule has 0 aromatic heterocycles. The SMILES string of the molecule is CCCC1C([Si]C2=Cc3c(cccc3-c3c(C)c(C)cc(C)c3C)C2)=Cc2c(-c3c(C)c(C)cc(C)c3C)cccc21. The third kappa shape index (κ3) is 4.67. The molecule has 2 aliphatic rings. The fourth-order valence-electron chi connectivity index (χ4n) is 7.51. The van der Waals surface area contributed by atoms with Gasteiger partial charge in [0.1, 0.15) is 9.52 Å². The summed E-state index contributed by atoms with van der Waals surface area (Å²) in [5, 5.41) is 3.20. The normalized spacial score (nSPS) is 15.5. The van der Waals surface area contributed by atoms with E-state index in [1.165, 1.54) is 102 Å². The summed E-state index contributed by atoms with van der Waals surface area (Å²) in [6.45, 7) is 20.6. The standard InChI is InChI=1S/C41H44Si/c1-10-13-34-33-15-12-17-36(41-29(8)25(4)19-26(5)30(41)9)38(33)22-39(34)42-32-20-31-14-11-16-35(37(31)21-32)40-27(6)23(2)18-24(3)28(40)7/h11-12,14-19,21-22,34H,10,13,20H2,1-9H3. The van der Waals surface area contributed by atoms with E-state index in [2.05, 4.69) is 123 Å². The highest BCUT2D eigenvalue weighted by atomic mass is 28.2. The van der Waals surface area contributed by atoms with Gasteiger partial charge in [-0.25, -0.2) is 0 Å². The summed E-state index contributed by atoms with van der Waals surface area (Å²) in [7, 11) is 0.732. The number of allylic oxidation sites excluding steroid dienone is 2. The Morgan fingerprint density at radius 1 is 0.643 bits per heavy atom. The van der Waals surface area contributed by atoms with Gasteiger partial charge in [0.15, 0.2) is 0 Å². The Kier molecular flexibility index (Phi) is 7.52. The summed E-state index contributed by atoms with van der Waals surface area (Å²) in [5.41, 5.74) is 22.8. The zero-order valence-corrected chi connectivity index (χ0v) is 28.0. The third-order valence-electron chi connectivity index (χ3n) is 10.2. The molecule has 0 bridgehead atoms. The van der Waals surface area contributed by atoms with Crippen LogP contribution in [0.3, 0.4) is 0 Å². The van der Waals surface area contributed by atoms with Crippen LogP contribution in [0.15, 0.2) is 58.9 Å². The first-order chi connectivity index (χ1) is 20.1. The molecule has 0 spiro atoms. The van der Waals surface area contributed by atoms with E-state index in [0.717, 1.165) is 15.9 Å². The molecule has 0 nitrogen and oxygen atoms in total. The minimum Gasteiger partial charge on any atom is -0.0748 e. The fraction of sp³-hybridized carbons (Fsp3) is 0.317. The van der Waals surface area contributed by atoms with E-state index in [4.69, 9.17) is 0 Å². The van der Waals surface area contributed by atoms with Crippen LogP contribution < -0.4 is 0 Å². The van der Waals surface area contributed by atoms with Crippen molar-refractivity contribution in [2.24, 2.45) is 0 Å². The van der Waals surface area contributed by atoms with Crippen LogP contribution in [0.5, 0.6) is 0 Å². The second-order valence-corrected chi connectivity index (χ2v) is 14.3. The Balaban J connectivity index is 1.42. The minimum atomic E-state index is 0.516. The maximum atomic E-state index is 2.59. The molecule has 0 N–H and O–H groups in total. The highest BCUT2D eigenvalue weighted by Gasteiger charge is 2.30. The van der Waals surface area contributed by atoms with Crippen LogP contribution in [0.25, 0.3) is 34.4 Å². The number of hydrogen-bond donors (Lipinski definition) is 0. The van der Waals surface area contributed by atoms with E-state index in [0.29, 0.717) is 5.92 Å². The van der Waals surface area contributed by atoms with Crippen molar-refractivity contribution >= 4 is 21.7 Å². The van der Waals surface area contributed by atoms with Gasteiger partial charge in [-0.15, -0.1) is 0 Å². The van der Waals surface area contributed by atoms with E-state index < -0.39 is 0 Å². The minimum absolute atomic E-state index is 0.516. The van der Waals surface area contributed by atoms with Crippen LogP contribution in [0, 0.1) is 55.4 Å². The van der Waals surface area contributed by atoms with E-state index >= 15 is 0 Å². The smallest absolute Gasteiger partial charge is 0.0748 e. The summed E-state index contributed by atoms with van der Waals surface area (Å²) in [6, 6.07) is 18.7. The van der Waals surface area contributed by atoms with Gasteiger partial charge in [-0.2, -0.15) is 0 Å². The van der Waals surface area contributed by atoms with Crippen molar-refractivity contribution in [1.82, 2.24) is 0 Å². The number of aryl methyl sites for hydroxylation is 4. The molecule has 1 atom stereocenters. The summed E-state index contributed by atoms with van der Waals surface area (Å²) in [4.78, 5) is 0. The Morgan fingerprint density at radius 3 is 1.71 bits per heavy atom. The monoisotopic (exact) mass is 564 g/mol. The van der Waals surface area contributed by atoms with Crippen LogP contribution in [0.2, 0.25) is 0 Å². The molecule has 2 radical (unpaired) electrons. The first-order valence-corrected chi connectivity index (χ1v) is 16.7. The summed E-state index contributed by atoms with van der Waals surface area (Å²) < 4.78 is 0. The lowest BCUT2D eigenvalue weighted by Crippen LogP contribution is -2.08. The highest BCUT2D eigenvalue weighted by Crippen LogP contribution is 2.46. The molecular weight excluding hydrogens is 521 g/mol. The number of rotatable bonds is 6. The van der Waals surface area contributed by atoms with E-state index in [9.17, 15) is 0 Å². The second-order valence-electron chi connectivity index (χ2n) is 12.9. The molecule has 4 aromatic rings. The number of hydrogen-bond acceptors (Lipinski definition) is 0. The molecule has 0 aliphatic heterocycles. The first kappa shape index (κ1) is 28.7. The van der Waals surface area contributed by atoms with E-state index in [1.54, 1.807) is 10.4 Å². The van der Waals surface area contributed by atoms with Crippen molar-refractivity contribution in [3.8, 4) is 22.3 Å². The Hall–Kier alpha value is -3.42. The van der Waals surface area contributed by atoms with Crippen molar-refractivity contribution in [3.63, 3.8) is 0 Å². The molecule has 0 fully saturated rings. The van der Waals surface area contributed by atoms with E-state index in [-0.39, 0.29) is 0 Å². The van der Waals surface area contributed by atoms with Gasteiger partial charge in [-0.1, -0.05) is 84.4 Å². The maximum Gasteiger partial charge on any atom is 0.111 e. The predicted octanol–water partition coefficient (Wildman–Crippen LogP) is 11.0. The van der Waals surface area contributed by atoms with Crippen LogP contribution in [0.4, 0.5) is 0 Å². The van der Waals surface area contributed by atoms with Gasteiger partial charge in [-0.3, -0.25) is 0 Å². The maximum absolute atomic E-state index is 2.59. The van der Waals surface area contributed by atoms with Crippen molar-refractivity contribution in [2.45, 2.75) is 87.5 Å². The lowest BCUT2D eigenvalue weighted by atomic mass is 9.85. The molecule has 0 amide bonds. The zero-order chi connectivity index (χ0) is 29.9. The van der Waals surface area contributed by atoms with Gasteiger partial charge in [0.25, 0.3) is 0 Å². The molecule has 1 heteroatoms. The Bertz CT molecular complexity index is 1760. The topological polar surface area (TPSA) is 0 Å². The van der Waals surface area contributed by atoms with Crippen molar-refractivity contribution < 1.29 is 0 Å². The Morgan fingerprint density at radius 2 is 1.17 bits per heavy atom. The first-order valence-electron chi connectivity index (χ1n) is 15.7. The van der Waals surface area contributed by atoms with Crippen LogP contribution in [-0.4, -0.2) is 9.52 Å². The van der Waals surface area contributed by atoms with Gasteiger partial charge < -0.3 is 0 Å². The van der Waals surface area contributed by atoms with Crippen molar-refractivity contribution in [3.05, 3.63) is 126 Å². The average molecular weight is 565 g/mol. The Labute approximate surface area is 256 Å². The fourth-order valence-corrected chi connectivity index (χ4v) is 9.06. The highest BCUT2D eigenvalue weighted by molar-refractivity contribution is 6.57.